The summed E-state index contributed by atoms with van der Waals surface area (Å²) in [5.41, 5.74) is 6.30. The fourth-order valence-corrected chi connectivity index (χ4v) is 5.21. The Morgan fingerprint density at radius 3 is 2.65 bits per heavy atom. The topological polar surface area (TPSA) is 50.8 Å². The number of amides is 1. The molecule has 5 nitrogen and oxygen atoms in total. The normalized spacial score (nSPS) is 18.9. The number of halogens is 1. The van der Waals surface area contributed by atoms with Crippen LogP contribution in [0.4, 0.5) is 9.18 Å². The van der Waals surface area contributed by atoms with E-state index in [4.69, 9.17) is 9.47 Å². The van der Waals surface area contributed by atoms with Crippen LogP contribution >= 0.6 is 0 Å². The Morgan fingerprint density at radius 2 is 1.92 bits per heavy atom. The summed E-state index contributed by atoms with van der Waals surface area (Å²) >= 11 is 0. The van der Waals surface area contributed by atoms with Crippen molar-refractivity contribution in [3.63, 3.8) is 0 Å². The molecule has 6 heteroatoms. The van der Waals surface area contributed by atoms with Crippen LogP contribution in [0.25, 0.3) is 5.57 Å². The van der Waals surface area contributed by atoms with Gasteiger partial charge in [0.2, 0.25) is 0 Å². The van der Waals surface area contributed by atoms with Crippen LogP contribution in [0.15, 0.2) is 48.0 Å². The smallest absolute Gasteiger partial charge is 0.407 e. The van der Waals surface area contributed by atoms with Gasteiger partial charge in [-0.1, -0.05) is 30.7 Å². The number of hydrogen-bond acceptors (Lipinski definition) is 4. The van der Waals surface area contributed by atoms with Crippen LogP contribution in [0.1, 0.15) is 64.2 Å². The van der Waals surface area contributed by atoms with Gasteiger partial charge in [0, 0.05) is 25.2 Å². The number of benzene rings is 2. The Bertz CT molecular complexity index is 1120. The minimum Gasteiger partial charge on any atom is -0.493 e. The maximum atomic E-state index is 13.1. The van der Waals surface area contributed by atoms with E-state index in [0.717, 1.165) is 56.6 Å². The molecule has 1 fully saturated rings. The van der Waals surface area contributed by atoms with Gasteiger partial charge in [-0.15, -0.1) is 0 Å². The molecule has 0 radical (unpaired) electrons. The zero-order valence-corrected chi connectivity index (χ0v) is 22.9. The highest BCUT2D eigenvalue weighted by Gasteiger charge is 2.28. The van der Waals surface area contributed by atoms with Crippen molar-refractivity contribution in [3.05, 3.63) is 70.5 Å². The maximum absolute atomic E-state index is 13.1. The molecule has 0 saturated carbocycles. The average Bonchev–Trinajstić information content (AvgIpc) is 3.26. The fraction of sp³-hybridized carbons (Fsp3) is 0.516. The lowest BCUT2D eigenvalue weighted by atomic mass is 9.86. The van der Waals surface area contributed by atoms with Crippen LogP contribution in [0.5, 0.6) is 5.75 Å². The number of allylic oxidation sites excluding steroid dienone is 1. The van der Waals surface area contributed by atoms with Crippen molar-refractivity contribution in [3.8, 4) is 5.75 Å². The molecule has 37 heavy (non-hydrogen) atoms. The Kier molecular flexibility index (Phi) is 8.58. The number of nitrogens with zero attached hydrogens (tertiary/aromatic N) is 1. The van der Waals surface area contributed by atoms with Crippen LogP contribution in [0.3, 0.4) is 0 Å². The molecular weight excluding hydrogens is 467 g/mol. The van der Waals surface area contributed by atoms with Crippen molar-refractivity contribution >= 4 is 11.7 Å². The van der Waals surface area contributed by atoms with Crippen molar-refractivity contribution < 1.29 is 18.7 Å². The number of ether oxygens (including phenoxy) is 2. The first-order valence-electron chi connectivity index (χ1n) is 13.5. The van der Waals surface area contributed by atoms with Crippen molar-refractivity contribution in [2.45, 2.75) is 71.9 Å². The number of rotatable bonds is 8. The molecule has 1 N–H and O–H groups in total. The molecule has 2 aliphatic rings. The van der Waals surface area contributed by atoms with Gasteiger partial charge in [-0.2, -0.15) is 0 Å². The SMILES string of the molecule is CC1=C(CN2CCC(OC(=O)NC(C)(C)C)C2)CCc2cc(OC[C@@H](C)Cc3ccc(F)cc3)ccc21. The Hall–Kier alpha value is -2.86. The number of aryl methyl sites for hydroxylation is 1. The lowest BCUT2D eigenvalue weighted by molar-refractivity contribution is 0.0948. The first kappa shape index (κ1) is 27.2. The number of carbonyl (C=O) groups is 1. The van der Waals surface area contributed by atoms with E-state index in [9.17, 15) is 9.18 Å². The second-order valence-corrected chi connectivity index (χ2v) is 11.7. The first-order valence-corrected chi connectivity index (χ1v) is 13.5. The molecule has 1 amide bonds. The molecule has 2 aromatic carbocycles. The van der Waals surface area contributed by atoms with E-state index in [1.165, 1.54) is 34.4 Å². The summed E-state index contributed by atoms with van der Waals surface area (Å²) in [6.45, 7) is 13.5. The minimum atomic E-state index is -0.329. The largest absolute Gasteiger partial charge is 0.493 e. The summed E-state index contributed by atoms with van der Waals surface area (Å²) in [5.74, 6) is 1.05. The number of nitrogens with one attached hydrogen (secondary N) is 1. The van der Waals surface area contributed by atoms with Gasteiger partial charge in [0.05, 0.1) is 6.61 Å². The maximum Gasteiger partial charge on any atom is 0.407 e. The van der Waals surface area contributed by atoms with Crippen LogP contribution in [-0.4, -0.2) is 48.9 Å². The lowest BCUT2D eigenvalue weighted by Crippen LogP contribution is -2.42. The molecular formula is C31H41FN2O3. The third kappa shape index (κ3) is 7.81. The Labute approximate surface area is 221 Å². The summed E-state index contributed by atoms with van der Waals surface area (Å²) in [7, 11) is 0. The predicted molar refractivity (Wildman–Crippen MR) is 146 cm³/mol. The molecule has 2 atom stereocenters. The predicted octanol–water partition coefficient (Wildman–Crippen LogP) is 6.40. The molecule has 2 aromatic rings. The molecule has 4 rings (SSSR count). The lowest BCUT2D eigenvalue weighted by Gasteiger charge is -2.26. The van der Waals surface area contributed by atoms with Gasteiger partial charge < -0.3 is 14.8 Å². The number of alkyl carbamates (subject to hydrolysis) is 1. The molecule has 1 saturated heterocycles. The second-order valence-electron chi connectivity index (χ2n) is 11.7. The van der Waals surface area contributed by atoms with Gasteiger partial charge in [0.25, 0.3) is 0 Å². The van der Waals surface area contributed by atoms with Gasteiger partial charge >= 0.3 is 6.09 Å². The summed E-state index contributed by atoms with van der Waals surface area (Å²) in [6, 6.07) is 13.2. The van der Waals surface area contributed by atoms with E-state index < -0.39 is 0 Å². The number of likely N-dealkylation sites (tertiary alicyclic amines) is 1. The quantitative estimate of drug-likeness (QED) is 0.448. The highest BCUT2D eigenvalue weighted by atomic mass is 19.1. The first-order chi connectivity index (χ1) is 17.6. The summed E-state index contributed by atoms with van der Waals surface area (Å²) in [6.07, 6.45) is 3.40. The van der Waals surface area contributed by atoms with E-state index in [1.807, 2.05) is 32.9 Å². The van der Waals surface area contributed by atoms with Crippen LogP contribution in [-0.2, 0) is 17.6 Å². The fourth-order valence-electron chi connectivity index (χ4n) is 5.21. The van der Waals surface area contributed by atoms with Crippen molar-refractivity contribution in [1.82, 2.24) is 10.2 Å². The summed E-state index contributed by atoms with van der Waals surface area (Å²) in [5, 5.41) is 2.88. The van der Waals surface area contributed by atoms with Crippen molar-refractivity contribution in [2.75, 3.05) is 26.2 Å². The van der Waals surface area contributed by atoms with Gasteiger partial charge in [0.15, 0.2) is 0 Å². The zero-order valence-electron chi connectivity index (χ0n) is 22.9. The highest BCUT2D eigenvalue weighted by molar-refractivity contribution is 5.72. The van der Waals surface area contributed by atoms with E-state index in [2.05, 4.69) is 42.3 Å². The molecule has 1 aliphatic carbocycles. The van der Waals surface area contributed by atoms with Gasteiger partial charge in [0.1, 0.15) is 17.7 Å². The third-order valence-electron chi connectivity index (χ3n) is 7.13. The number of carbonyl (C=O) groups excluding carboxylic acids is 1. The summed E-state index contributed by atoms with van der Waals surface area (Å²) in [4.78, 5) is 14.5. The minimum absolute atomic E-state index is 0.0516. The average molecular weight is 509 g/mol. The van der Waals surface area contributed by atoms with E-state index >= 15 is 0 Å². The third-order valence-corrected chi connectivity index (χ3v) is 7.13. The van der Waals surface area contributed by atoms with E-state index in [-0.39, 0.29) is 23.6 Å². The molecule has 0 spiro atoms. The molecule has 1 heterocycles. The van der Waals surface area contributed by atoms with E-state index in [0.29, 0.717) is 12.5 Å². The number of hydrogen-bond donors (Lipinski definition) is 1. The molecule has 1 aliphatic heterocycles. The van der Waals surface area contributed by atoms with Crippen molar-refractivity contribution in [2.24, 2.45) is 5.92 Å². The van der Waals surface area contributed by atoms with Crippen LogP contribution < -0.4 is 10.1 Å². The van der Waals surface area contributed by atoms with Crippen LogP contribution in [0.2, 0.25) is 0 Å². The zero-order chi connectivity index (χ0) is 26.6. The molecule has 200 valence electrons. The highest BCUT2D eigenvalue weighted by Crippen LogP contribution is 2.34. The number of fused-ring (bicyclic) bond motifs is 1. The van der Waals surface area contributed by atoms with Gasteiger partial charge in [-0.25, -0.2) is 9.18 Å². The van der Waals surface area contributed by atoms with E-state index in [1.54, 1.807) is 0 Å². The molecule has 1 unspecified atom stereocenters. The molecule has 0 aromatic heterocycles. The van der Waals surface area contributed by atoms with Gasteiger partial charge in [-0.3, -0.25) is 4.90 Å². The van der Waals surface area contributed by atoms with Crippen LogP contribution in [0, 0.1) is 11.7 Å². The monoisotopic (exact) mass is 508 g/mol. The summed E-state index contributed by atoms with van der Waals surface area (Å²) < 4.78 is 24.9. The standard InChI is InChI=1S/C31H41FN2O3/c1-21(16-23-6-10-26(32)11-7-23)20-36-27-12-13-29-22(2)25(9-8-24(29)17-27)18-34-15-14-28(19-34)37-30(35)33-31(3,4)5/h6-7,10-13,17,21,28H,8-9,14-16,18-20H2,1-5H3,(H,33,35)/t21-,28?/m0/s1. The van der Waals surface area contributed by atoms with Crippen molar-refractivity contribution in [1.29, 1.82) is 0 Å². The van der Waals surface area contributed by atoms with Gasteiger partial charge in [-0.05, 0) is 106 Å². The Morgan fingerprint density at radius 1 is 1.16 bits per heavy atom. The second kappa shape index (κ2) is 11.7. The molecule has 0 bridgehead atoms. The Balaban J connectivity index is 1.29.